The van der Waals surface area contributed by atoms with Gasteiger partial charge in [0, 0.05) is 31.4 Å². The highest BCUT2D eigenvalue weighted by atomic mass is 16.5. The van der Waals surface area contributed by atoms with Gasteiger partial charge in [-0.3, -0.25) is 9.88 Å². The van der Waals surface area contributed by atoms with E-state index in [0.29, 0.717) is 18.9 Å². The molecule has 21 heavy (non-hydrogen) atoms. The third-order valence-electron chi connectivity index (χ3n) is 3.78. The van der Waals surface area contributed by atoms with Gasteiger partial charge in [-0.25, -0.2) is 0 Å². The van der Waals surface area contributed by atoms with Crippen LogP contribution in [0.3, 0.4) is 0 Å². The van der Waals surface area contributed by atoms with Gasteiger partial charge in [0.05, 0.1) is 12.1 Å². The third kappa shape index (κ3) is 3.11. The standard InChI is InChI=1S/C15H20N4O2/c1-10(2)14-17-15(21-18-14)13-7-12(20)9-19(13)8-11-3-5-16-6-4-11/h3-6,10,12-13,20H,7-9H2,1-2H3/t12-,13+/m1/s1. The molecule has 1 N–H and O–H groups in total. The Labute approximate surface area is 123 Å². The molecule has 1 aliphatic heterocycles. The Morgan fingerprint density at radius 2 is 2.14 bits per heavy atom. The highest BCUT2D eigenvalue weighted by Crippen LogP contribution is 2.32. The summed E-state index contributed by atoms with van der Waals surface area (Å²) < 4.78 is 5.40. The van der Waals surface area contributed by atoms with Crippen LogP contribution in [0.25, 0.3) is 0 Å². The fourth-order valence-electron chi connectivity index (χ4n) is 2.65. The van der Waals surface area contributed by atoms with Crippen molar-refractivity contribution in [2.24, 2.45) is 0 Å². The first-order chi connectivity index (χ1) is 10.1. The lowest BCUT2D eigenvalue weighted by Gasteiger charge is -2.21. The fraction of sp³-hybridized carbons (Fsp3) is 0.533. The molecule has 3 heterocycles. The predicted octanol–water partition coefficient (Wildman–Crippen LogP) is 1.90. The number of rotatable bonds is 4. The Morgan fingerprint density at radius 1 is 1.38 bits per heavy atom. The van der Waals surface area contributed by atoms with Gasteiger partial charge < -0.3 is 9.63 Å². The van der Waals surface area contributed by atoms with Gasteiger partial charge in [-0.15, -0.1) is 0 Å². The van der Waals surface area contributed by atoms with Crippen molar-refractivity contribution in [2.75, 3.05) is 6.54 Å². The molecule has 1 fully saturated rings. The van der Waals surface area contributed by atoms with Crippen molar-refractivity contribution in [3.05, 3.63) is 41.8 Å². The Hall–Kier alpha value is -1.79. The maximum absolute atomic E-state index is 9.98. The van der Waals surface area contributed by atoms with E-state index < -0.39 is 0 Å². The smallest absolute Gasteiger partial charge is 0.244 e. The molecule has 3 rings (SSSR count). The first-order valence-corrected chi connectivity index (χ1v) is 7.28. The van der Waals surface area contributed by atoms with Crippen LogP contribution in [0.15, 0.2) is 29.0 Å². The zero-order valence-corrected chi connectivity index (χ0v) is 12.3. The van der Waals surface area contributed by atoms with Gasteiger partial charge >= 0.3 is 0 Å². The van der Waals surface area contributed by atoms with Crippen LogP contribution in [-0.4, -0.2) is 37.8 Å². The van der Waals surface area contributed by atoms with Gasteiger partial charge in [-0.05, 0) is 24.1 Å². The van der Waals surface area contributed by atoms with Crippen LogP contribution in [0.2, 0.25) is 0 Å². The van der Waals surface area contributed by atoms with E-state index in [9.17, 15) is 5.11 Å². The lowest BCUT2D eigenvalue weighted by atomic mass is 10.2. The average Bonchev–Trinajstić information content (AvgIpc) is 3.07. The molecule has 0 unspecified atom stereocenters. The van der Waals surface area contributed by atoms with E-state index in [0.717, 1.165) is 17.9 Å². The molecule has 0 radical (unpaired) electrons. The van der Waals surface area contributed by atoms with Crippen LogP contribution in [-0.2, 0) is 6.54 Å². The highest BCUT2D eigenvalue weighted by Gasteiger charge is 2.35. The molecule has 0 spiro atoms. The molecule has 0 aliphatic carbocycles. The molecule has 2 atom stereocenters. The lowest BCUT2D eigenvalue weighted by molar-refractivity contribution is 0.169. The first kappa shape index (κ1) is 14.2. The van der Waals surface area contributed by atoms with Gasteiger partial charge in [0.25, 0.3) is 0 Å². The molecular formula is C15H20N4O2. The zero-order valence-electron chi connectivity index (χ0n) is 12.3. The zero-order chi connectivity index (χ0) is 14.8. The van der Waals surface area contributed by atoms with Crippen molar-refractivity contribution >= 4 is 0 Å². The quantitative estimate of drug-likeness (QED) is 0.926. The Bertz CT molecular complexity index is 584. The molecule has 6 nitrogen and oxygen atoms in total. The summed E-state index contributed by atoms with van der Waals surface area (Å²) in [6.45, 7) is 5.43. The molecule has 1 aliphatic rings. The van der Waals surface area contributed by atoms with E-state index in [1.54, 1.807) is 12.4 Å². The van der Waals surface area contributed by atoms with E-state index in [2.05, 4.69) is 20.0 Å². The van der Waals surface area contributed by atoms with Gasteiger partial charge in [-0.1, -0.05) is 19.0 Å². The lowest BCUT2D eigenvalue weighted by Crippen LogP contribution is -2.24. The molecule has 0 amide bonds. The van der Waals surface area contributed by atoms with Crippen LogP contribution in [0.1, 0.15) is 49.5 Å². The van der Waals surface area contributed by atoms with E-state index >= 15 is 0 Å². The van der Waals surface area contributed by atoms with Gasteiger partial charge in [0.2, 0.25) is 5.89 Å². The largest absolute Gasteiger partial charge is 0.392 e. The van der Waals surface area contributed by atoms with Gasteiger partial charge in [0.1, 0.15) is 0 Å². The van der Waals surface area contributed by atoms with Crippen molar-refractivity contribution in [1.82, 2.24) is 20.0 Å². The van der Waals surface area contributed by atoms with E-state index in [-0.39, 0.29) is 18.1 Å². The van der Waals surface area contributed by atoms with Gasteiger partial charge in [-0.2, -0.15) is 4.98 Å². The molecule has 0 bridgehead atoms. The summed E-state index contributed by atoms with van der Waals surface area (Å²) in [4.78, 5) is 10.7. The van der Waals surface area contributed by atoms with Crippen LogP contribution < -0.4 is 0 Å². The molecule has 0 aromatic carbocycles. The Kier molecular flexibility index (Phi) is 3.98. The van der Waals surface area contributed by atoms with Crippen molar-refractivity contribution < 1.29 is 9.63 Å². The Balaban J connectivity index is 1.78. The van der Waals surface area contributed by atoms with Crippen molar-refractivity contribution in [1.29, 1.82) is 0 Å². The second kappa shape index (κ2) is 5.91. The average molecular weight is 288 g/mol. The summed E-state index contributed by atoms with van der Waals surface area (Å²) >= 11 is 0. The summed E-state index contributed by atoms with van der Waals surface area (Å²) in [7, 11) is 0. The Morgan fingerprint density at radius 3 is 2.81 bits per heavy atom. The number of nitrogens with zero attached hydrogens (tertiary/aromatic N) is 4. The summed E-state index contributed by atoms with van der Waals surface area (Å²) in [5.41, 5.74) is 1.16. The van der Waals surface area contributed by atoms with Gasteiger partial charge in [0.15, 0.2) is 5.82 Å². The normalized spacial score (nSPS) is 23.0. The fourth-order valence-corrected chi connectivity index (χ4v) is 2.65. The first-order valence-electron chi connectivity index (χ1n) is 7.28. The molecule has 6 heteroatoms. The second-order valence-corrected chi connectivity index (χ2v) is 5.84. The topological polar surface area (TPSA) is 75.3 Å². The SMILES string of the molecule is CC(C)c1noc([C@@H]2C[C@@H](O)CN2Cc2ccncc2)n1. The number of hydrogen-bond acceptors (Lipinski definition) is 6. The third-order valence-corrected chi connectivity index (χ3v) is 3.78. The minimum absolute atomic E-state index is 0.0202. The highest BCUT2D eigenvalue weighted by molar-refractivity contribution is 5.11. The minimum atomic E-state index is -0.355. The van der Waals surface area contributed by atoms with Crippen molar-refractivity contribution in [3.63, 3.8) is 0 Å². The molecule has 2 aromatic heterocycles. The van der Waals surface area contributed by atoms with Crippen molar-refractivity contribution in [2.45, 2.75) is 44.9 Å². The molecule has 0 saturated carbocycles. The van der Waals surface area contributed by atoms with E-state index in [1.807, 2.05) is 26.0 Å². The monoisotopic (exact) mass is 288 g/mol. The summed E-state index contributed by atoms with van der Waals surface area (Å²) in [6.07, 6.45) is 3.83. The predicted molar refractivity (Wildman–Crippen MR) is 76.4 cm³/mol. The summed E-state index contributed by atoms with van der Waals surface area (Å²) in [6, 6.07) is 3.94. The van der Waals surface area contributed by atoms with Crippen LogP contribution >= 0.6 is 0 Å². The molecule has 112 valence electrons. The maximum atomic E-state index is 9.98. The summed E-state index contributed by atoms with van der Waals surface area (Å²) in [5.74, 6) is 1.56. The van der Waals surface area contributed by atoms with Crippen LogP contribution in [0.5, 0.6) is 0 Å². The number of β-amino-alcohol motifs (C(OH)–C–C–N with tert-alkyl or cyclic N) is 1. The maximum Gasteiger partial charge on any atom is 0.244 e. The minimum Gasteiger partial charge on any atom is -0.392 e. The van der Waals surface area contributed by atoms with Crippen LogP contribution in [0.4, 0.5) is 0 Å². The number of likely N-dealkylation sites (tertiary alicyclic amines) is 1. The van der Waals surface area contributed by atoms with E-state index in [4.69, 9.17) is 4.52 Å². The number of pyridine rings is 1. The molecule has 2 aromatic rings. The molecular weight excluding hydrogens is 268 g/mol. The number of aliphatic hydroxyl groups excluding tert-OH is 1. The van der Waals surface area contributed by atoms with Crippen LogP contribution in [0, 0.1) is 0 Å². The number of aliphatic hydroxyl groups is 1. The molecule has 1 saturated heterocycles. The summed E-state index contributed by atoms with van der Waals surface area (Å²) in [5, 5.41) is 14.0. The number of aromatic nitrogens is 3. The second-order valence-electron chi connectivity index (χ2n) is 5.84. The van der Waals surface area contributed by atoms with Crippen molar-refractivity contribution in [3.8, 4) is 0 Å². The van der Waals surface area contributed by atoms with E-state index in [1.165, 1.54) is 0 Å². The number of hydrogen-bond donors (Lipinski definition) is 1.